The second-order valence-corrected chi connectivity index (χ2v) is 7.22. The van der Waals surface area contributed by atoms with Crippen LogP contribution in [0.15, 0.2) is 42.7 Å². The fraction of sp³-hybridized carbons (Fsp3) is 0.261. The number of aromatic nitrogens is 2. The normalized spacial score (nSPS) is 11.4. The first kappa shape index (κ1) is 25.0. The number of alkyl halides is 3. The SMILES string of the molecule is CCCCCc1cnc(-c2ccc(C(=O)Oc3cc(F)c(OC(F)(F)F)c(F)c3)c(F)c2)nc1. The molecule has 0 aliphatic heterocycles. The number of hydrogen-bond acceptors (Lipinski definition) is 5. The summed E-state index contributed by atoms with van der Waals surface area (Å²) in [6, 6.07) is 4.03. The predicted octanol–water partition coefficient (Wildman–Crippen LogP) is 6.41. The van der Waals surface area contributed by atoms with Crippen LogP contribution in [0.2, 0.25) is 0 Å². The number of unbranched alkanes of at least 4 members (excludes halogenated alkanes) is 2. The van der Waals surface area contributed by atoms with Gasteiger partial charge in [-0.1, -0.05) is 25.8 Å². The summed E-state index contributed by atoms with van der Waals surface area (Å²) in [5.41, 5.74) is 0.639. The van der Waals surface area contributed by atoms with Crippen molar-refractivity contribution in [1.29, 1.82) is 0 Å². The van der Waals surface area contributed by atoms with E-state index in [-0.39, 0.29) is 11.4 Å². The van der Waals surface area contributed by atoms with Crippen molar-refractivity contribution in [1.82, 2.24) is 9.97 Å². The van der Waals surface area contributed by atoms with Crippen LogP contribution in [0.1, 0.15) is 42.1 Å². The Balaban J connectivity index is 1.73. The summed E-state index contributed by atoms with van der Waals surface area (Å²) in [5, 5.41) is 0. The van der Waals surface area contributed by atoms with E-state index in [2.05, 4.69) is 21.6 Å². The number of nitrogens with zero attached hydrogens (tertiary/aromatic N) is 2. The molecule has 3 aromatic rings. The quantitative estimate of drug-likeness (QED) is 0.160. The third-order valence-electron chi connectivity index (χ3n) is 4.62. The van der Waals surface area contributed by atoms with Crippen LogP contribution < -0.4 is 9.47 Å². The zero-order valence-electron chi connectivity index (χ0n) is 17.8. The monoisotopic (exact) mass is 484 g/mol. The van der Waals surface area contributed by atoms with Gasteiger partial charge < -0.3 is 9.47 Å². The number of rotatable bonds is 8. The summed E-state index contributed by atoms with van der Waals surface area (Å²) < 4.78 is 86.7. The number of halogens is 6. The predicted molar refractivity (Wildman–Crippen MR) is 109 cm³/mol. The molecule has 3 rings (SSSR count). The lowest BCUT2D eigenvalue weighted by Gasteiger charge is -2.12. The zero-order valence-corrected chi connectivity index (χ0v) is 17.8. The van der Waals surface area contributed by atoms with Gasteiger partial charge in [0.1, 0.15) is 11.6 Å². The van der Waals surface area contributed by atoms with Crippen molar-refractivity contribution in [2.24, 2.45) is 0 Å². The lowest BCUT2D eigenvalue weighted by atomic mass is 10.1. The van der Waals surface area contributed by atoms with Gasteiger partial charge in [0.05, 0.1) is 5.56 Å². The Morgan fingerprint density at radius 2 is 1.59 bits per heavy atom. The van der Waals surface area contributed by atoms with Gasteiger partial charge >= 0.3 is 12.3 Å². The van der Waals surface area contributed by atoms with Gasteiger partial charge in [-0.05, 0) is 30.5 Å². The Morgan fingerprint density at radius 3 is 2.15 bits per heavy atom. The lowest BCUT2D eigenvalue weighted by Crippen LogP contribution is -2.19. The molecular formula is C23H18F6N2O3. The highest BCUT2D eigenvalue weighted by atomic mass is 19.4. The molecule has 2 aromatic carbocycles. The molecule has 0 aliphatic rings. The molecule has 0 aliphatic carbocycles. The summed E-state index contributed by atoms with van der Waals surface area (Å²) in [4.78, 5) is 20.6. The first-order chi connectivity index (χ1) is 16.1. The van der Waals surface area contributed by atoms with Gasteiger partial charge in [0.2, 0.25) is 5.75 Å². The highest BCUT2D eigenvalue weighted by Gasteiger charge is 2.34. The van der Waals surface area contributed by atoms with Crippen LogP contribution >= 0.6 is 0 Å². The van der Waals surface area contributed by atoms with Crippen molar-refractivity contribution >= 4 is 5.97 Å². The highest BCUT2D eigenvalue weighted by molar-refractivity contribution is 5.91. The minimum absolute atomic E-state index is 0.224. The van der Waals surface area contributed by atoms with Crippen LogP contribution in [0.4, 0.5) is 26.3 Å². The number of carbonyl (C=O) groups is 1. The van der Waals surface area contributed by atoms with Gasteiger partial charge in [0.15, 0.2) is 17.5 Å². The summed E-state index contributed by atoms with van der Waals surface area (Å²) in [7, 11) is 0. The van der Waals surface area contributed by atoms with Gasteiger partial charge in [-0.15, -0.1) is 13.2 Å². The molecule has 5 nitrogen and oxygen atoms in total. The molecule has 34 heavy (non-hydrogen) atoms. The summed E-state index contributed by atoms with van der Waals surface area (Å²) >= 11 is 0. The number of ether oxygens (including phenoxy) is 2. The van der Waals surface area contributed by atoms with E-state index in [1.165, 1.54) is 6.07 Å². The fourth-order valence-electron chi connectivity index (χ4n) is 3.00. The van der Waals surface area contributed by atoms with Crippen LogP contribution in [0, 0.1) is 17.5 Å². The van der Waals surface area contributed by atoms with Crippen LogP contribution in [0.3, 0.4) is 0 Å². The largest absolute Gasteiger partial charge is 0.573 e. The number of benzene rings is 2. The van der Waals surface area contributed by atoms with E-state index in [9.17, 15) is 31.1 Å². The average molecular weight is 484 g/mol. The number of carbonyl (C=O) groups excluding carboxylic acids is 1. The molecule has 0 unspecified atom stereocenters. The Hall–Kier alpha value is -3.63. The van der Waals surface area contributed by atoms with E-state index in [1.54, 1.807) is 12.4 Å². The van der Waals surface area contributed by atoms with Crippen molar-refractivity contribution in [2.45, 2.75) is 39.0 Å². The van der Waals surface area contributed by atoms with Gasteiger partial charge in [0, 0.05) is 30.1 Å². The number of esters is 1. The van der Waals surface area contributed by atoms with E-state index in [0.29, 0.717) is 12.1 Å². The number of hydrogen-bond donors (Lipinski definition) is 0. The van der Waals surface area contributed by atoms with E-state index >= 15 is 0 Å². The standard InChI is InChI=1S/C23H18F6N2O3/c1-2-3-4-5-13-11-30-21(31-12-13)14-6-7-16(17(24)8-14)22(32)33-15-9-18(25)20(19(26)10-15)34-23(27,28)29/h6-12H,2-5H2,1H3. The highest BCUT2D eigenvalue weighted by Crippen LogP contribution is 2.32. The van der Waals surface area contributed by atoms with Gasteiger partial charge in [-0.25, -0.2) is 27.9 Å². The second-order valence-electron chi connectivity index (χ2n) is 7.22. The van der Waals surface area contributed by atoms with Crippen molar-refractivity contribution < 1.29 is 40.6 Å². The summed E-state index contributed by atoms with van der Waals surface area (Å²) in [5.74, 6) is -8.12. The maximum Gasteiger partial charge on any atom is 0.573 e. The molecule has 0 amide bonds. The molecule has 0 saturated heterocycles. The van der Waals surface area contributed by atoms with E-state index in [4.69, 9.17) is 4.74 Å². The van der Waals surface area contributed by atoms with E-state index < -0.39 is 46.8 Å². The van der Waals surface area contributed by atoms with E-state index in [1.807, 2.05) is 0 Å². The topological polar surface area (TPSA) is 61.3 Å². The molecule has 0 N–H and O–H groups in total. The molecular weight excluding hydrogens is 466 g/mol. The Morgan fingerprint density at radius 1 is 0.941 bits per heavy atom. The second kappa shape index (κ2) is 10.5. The molecule has 0 spiro atoms. The molecule has 0 radical (unpaired) electrons. The third-order valence-corrected chi connectivity index (χ3v) is 4.62. The van der Waals surface area contributed by atoms with E-state index in [0.717, 1.165) is 43.4 Å². The maximum atomic E-state index is 14.5. The molecule has 0 atom stereocenters. The smallest absolute Gasteiger partial charge is 0.423 e. The van der Waals surface area contributed by atoms with Crippen molar-refractivity contribution in [3.8, 4) is 22.9 Å². The molecule has 0 saturated carbocycles. The lowest BCUT2D eigenvalue weighted by molar-refractivity contribution is -0.276. The fourth-order valence-corrected chi connectivity index (χ4v) is 3.00. The van der Waals surface area contributed by atoms with Crippen molar-refractivity contribution in [3.05, 3.63) is 71.3 Å². The molecule has 0 bridgehead atoms. The minimum atomic E-state index is -5.33. The summed E-state index contributed by atoms with van der Waals surface area (Å²) in [6.45, 7) is 2.09. The number of aryl methyl sites for hydroxylation is 1. The van der Waals surface area contributed by atoms with Crippen LogP contribution in [-0.2, 0) is 6.42 Å². The van der Waals surface area contributed by atoms with Crippen LogP contribution in [0.5, 0.6) is 11.5 Å². The molecule has 180 valence electrons. The third kappa shape index (κ3) is 6.46. The Labute approximate surface area is 190 Å². The van der Waals surface area contributed by atoms with Crippen molar-refractivity contribution in [3.63, 3.8) is 0 Å². The maximum absolute atomic E-state index is 14.5. The van der Waals surface area contributed by atoms with Crippen molar-refractivity contribution in [2.75, 3.05) is 0 Å². The van der Waals surface area contributed by atoms with Crippen LogP contribution in [-0.4, -0.2) is 22.3 Å². The van der Waals surface area contributed by atoms with Gasteiger partial charge in [-0.2, -0.15) is 0 Å². The molecule has 1 heterocycles. The Bertz CT molecular complexity index is 1140. The average Bonchev–Trinajstić information content (AvgIpc) is 2.76. The van der Waals surface area contributed by atoms with Crippen LogP contribution in [0.25, 0.3) is 11.4 Å². The molecule has 11 heteroatoms. The van der Waals surface area contributed by atoms with Gasteiger partial charge in [-0.3, -0.25) is 0 Å². The summed E-state index contributed by atoms with van der Waals surface area (Å²) in [6.07, 6.45) is 1.91. The molecule has 0 fully saturated rings. The Kier molecular flexibility index (Phi) is 7.75. The first-order valence-electron chi connectivity index (χ1n) is 10.1. The minimum Gasteiger partial charge on any atom is -0.423 e. The first-order valence-corrected chi connectivity index (χ1v) is 10.1. The van der Waals surface area contributed by atoms with Gasteiger partial charge in [0.25, 0.3) is 0 Å². The molecule has 1 aromatic heterocycles. The zero-order chi connectivity index (χ0) is 24.9.